The largest absolute Gasteiger partial charge is 0.506 e. The summed E-state index contributed by atoms with van der Waals surface area (Å²) in [6, 6.07) is 15.5. The molecular formula is C32H28N2O10S. The molecule has 4 aromatic carbocycles. The molecule has 0 saturated heterocycles. The molecule has 232 valence electrons. The van der Waals surface area contributed by atoms with Crippen LogP contribution in [0.1, 0.15) is 43.0 Å². The van der Waals surface area contributed by atoms with Crippen molar-refractivity contribution < 1.29 is 48.0 Å². The molecule has 0 atom stereocenters. The molecule has 4 rings (SSSR count). The van der Waals surface area contributed by atoms with Gasteiger partial charge in [-0.25, -0.2) is 18.0 Å². The maximum atomic E-state index is 13.5. The van der Waals surface area contributed by atoms with E-state index in [0.29, 0.717) is 16.7 Å². The lowest BCUT2D eigenvalue weighted by molar-refractivity contribution is -0.116. The van der Waals surface area contributed by atoms with E-state index in [4.69, 9.17) is 0 Å². The van der Waals surface area contributed by atoms with Crippen LogP contribution in [0.4, 0.5) is 11.4 Å². The van der Waals surface area contributed by atoms with Crippen LogP contribution in [0.3, 0.4) is 0 Å². The molecule has 0 unspecified atom stereocenters. The Morgan fingerprint density at radius 3 is 1.73 bits per heavy atom. The standard InChI is InChI=1S/C32H28N2O10S/c1-17-4-3-5-20(30(17)32(41)42)14-29(38)34-25-16-22(8-11-27(25)36)45(43,44)21-7-10-26(35)24(15-21)33-28(37)13-19-6-9-23(31(39)40)18(2)12-19/h3-12,15-16,35-36H,13-14H2,1-2H3,(H,33,37)(H,34,38)(H,39,40)(H,41,42). The highest BCUT2D eigenvalue weighted by Gasteiger charge is 2.23. The lowest BCUT2D eigenvalue weighted by Crippen LogP contribution is -2.17. The molecule has 0 radical (unpaired) electrons. The Labute approximate surface area is 257 Å². The van der Waals surface area contributed by atoms with E-state index in [1.807, 2.05) is 0 Å². The Bertz CT molecular complexity index is 1970. The topological polar surface area (TPSA) is 207 Å². The second-order valence-corrected chi connectivity index (χ2v) is 12.1. The molecule has 0 aliphatic rings. The summed E-state index contributed by atoms with van der Waals surface area (Å²) < 4.78 is 27.0. The first kappa shape index (κ1) is 32.2. The number of rotatable bonds is 10. The van der Waals surface area contributed by atoms with Crippen molar-refractivity contribution in [1.29, 1.82) is 0 Å². The molecule has 0 saturated carbocycles. The van der Waals surface area contributed by atoms with Gasteiger partial charge in [-0.3, -0.25) is 9.59 Å². The van der Waals surface area contributed by atoms with E-state index in [9.17, 15) is 48.0 Å². The Kier molecular flexibility index (Phi) is 9.23. The first-order chi connectivity index (χ1) is 21.2. The Morgan fingerprint density at radius 2 is 1.22 bits per heavy atom. The van der Waals surface area contributed by atoms with Crippen LogP contribution < -0.4 is 10.6 Å². The maximum absolute atomic E-state index is 13.5. The summed E-state index contributed by atoms with van der Waals surface area (Å²) in [7, 11) is -4.31. The van der Waals surface area contributed by atoms with Gasteiger partial charge in [0.05, 0.1) is 45.1 Å². The Balaban J connectivity index is 1.54. The van der Waals surface area contributed by atoms with Gasteiger partial charge in [-0.15, -0.1) is 0 Å². The van der Waals surface area contributed by atoms with Crippen LogP contribution in [-0.4, -0.2) is 52.6 Å². The van der Waals surface area contributed by atoms with Crippen molar-refractivity contribution in [3.05, 3.63) is 106 Å². The number of carbonyl (C=O) groups excluding carboxylic acids is 2. The second kappa shape index (κ2) is 12.9. The number of phenolic OH excluding ortho intramolecular Hbond substituents is 2. The number of nitrogens with one attached hydrogen (secondary N) is 2. The Morgan fingerprint density at radius 1 is 0.667 bits per heavy atom. The molecular weight excluding hydrogens is 604 g/mol. The molecule has 2 amide bonds. The highest BCUT2D eigenvalue weighted by Crippen LogP contribution is 2.33. The van der Waals surface area contributed by atoms with E-state index in [1.54, 1.807) is 26.0 Å². The molecule has 45 heavy (non-hydrogen) atoms. The molecule has 12 nitrogen and oxygen atoms in total. The number of hydrogen-bond acceptors (Lipinski definition) is 8. The first-order valence-electron chi connectivity index (χ1n) is 13.3. The summed E-state index contributed by atoms with van der Waals surface area (Å²) in [6.07, 6.45) is -0.543. The number of carbonyl (C=O) groups is 4. The summed E-state index contributed by atoms with van der Waals surface area (Å²) in [4.78, 5) is 47.7. The molecule has 0 bridgehead atoms. The number of amides is 2. The van der Waals surface area contributed by atoms with Crippen LogP contribution in [0.15, 0.2) is 82.6 Å². The molecule has 0 fully saturated rings. The van der Waals surface area contributed by atoms with Crippen LogP contribution >= 0.6 is 0 Å². The van der Waals surface area contributed by atoms with Gasteiger partial charge in [-0.2, -0.15) is 0 Å². The lowest BCUT2D eigenvalue weighted by Gasteiger charge is -2.13. The lowest BCUT2D eigenvalue weighted by atomic mass is 9.99. The van der Waals surface area contributed by atoms with E-state index in [0.717, 1.165) is 36.4 Å². The zero-order valence-corrected chi connectivity index (χ0v) is 24.8. The Hall–Kier alpha value is -5.69. The third-order valence-electron chi connectivity index (χ3n) is 6.91. The number of sulfone groups is 1. The molecule has 6 N–H and O–H groups in total. The number of hydrogen-bond donors (Lipinski definition) is 6. The summed E-state index contributed by atoms with van der Waals surface area (Å²) in [6.45, 7) is 3.18. The minimum atomic E-state index is -4.31. The fourth-order valence-electron chi connectivity index (χ4n) is 4.71. The zero-order chi connectivity index (χ0) is 33.1. The SMILES string of the molecule is Cc1cc(CC(=O)Nc2cc(S(=O)(=O)c3ccc(O)c(NC(=O)Cc4cccc(C)c4C(=O)O)c3)ccc2O)ccc1C(=O)O. The fourth-order valence-corrected chi connectivity index (χ4v) is 6.02. The number of aromatic hydroxyl groups is 2. The van der Waals surface area contributed by atoms with Crippen LogP contribution in [0, 0.1) is 13.8 Å². The number of aromatic carboxylic acids is 2. The summed E-state index contributed by atoms with van der Waals surface area (Å²) >= 11 is 0. The van der Waals surface area contributed by atoms with Gasteiger partial charge in [-0.05, 0) is 78.6 Å². The second-order valence-electron chi connectivity index (χ2n) is 10.2. The summed E-state index contributed by atoms with van der Waals surface area (Å²) in [5.41, 5.74) is 1.26. The van der Waals surface area contributed by atoms with Gasteiger partial charge in [-0.1, -0.05) is 30.3 Å². The van der Waals surface area contributed by atoms with Gasteiger partial charge >= 0.3 is 11.9 Å². The monoisotopic (exact) mass is 632 g/mol. The van der Waals surface area contributed by atoms with E-state index >= 15 is 0 Å². The predicted octanol–water partition coefficient (Wildman–Crippen LogP) is 4.31. The normalized spacial score (nSPS) is 11.1. The van der Waals surface area contributed by atoms with Gasteiger partial charge in [0, 0.05) is 0 Å². The van der Waals surface area contributed by atoms with Crippen molar-refractivity contribution in [1.82, 2.24) is 0 Å². The van der Waals surface area contributed by atoms with Crippen LogP contribution in [0.2, 0.25) is 0 Å². The van der Waals surface area contributed by atoms with Gasteiger partial charge in [0.2, 0.25) is 21.7 Å². The smallest absolute Gasteiger partial charge is 0.336 e. The number of phenols is 2. The van der Waals surface area contributed by atoms with Crippen LogP contribution in [-0.2, 0) is 32.3 Å². The van der Waals surface area contributed by atoms with Crippen LogP contribution in [0.25, 0.3) is 0 Å². The quantitative estimate of drug-likeness (QED) is 0.137. The highest BCUT2D eigenvalue weighted by molar-refractivity contribution is 7.91. The number of anilines is 2. The number of aryl methyl sites for hydroxylation is 2. The van der Waals surface area contributed by atoms with E-state index in [2.05, 4.69) is 10.6 Å². The maximum Gasteiger partial charge on any atom is 0.336 e. The molecule has 13 heteroatoms. The first-order valence-corrected chi connectivity index (χ1v) is 14.8. The van der Waals surface area contributed by atoms with Crippen molar-refractivity contribution in [2.75, 3.05) is 10.6 Å². The molecule has 0 aliphatic carbocycles. The minimum Gasteiger partial charge on any atom is -0.506 e. The number of carboxylic acids is 2. The molecule has 0 aromatic heterocycles. The molecule has 0 spiro atoms. The number of carboxylic acid groups (broad SMARTS) is 2. The van der Waals surface area contributed by atoms with E-state index < -0.39 is 45.1 Å². The van der Waals surface area contributed by atoms with Crippen LogP contribution in [0.5, 0.6) is 11.5 Å². The number of benzene rings is 4. The van der Waals surface area contributed by atoms with Crippen molar-refractivity contribution in [3.8, 4) is 11.5 Å². The van der Waals surface area contributed by atoms with Crippen molar-refractivity contribution >= 4 is 45.0 Å². The van der Waals surface area contributed by atoms with Gasteiger partial charge < -0.3 is 31.1 Å². The molecule has 0 heterocycles. The van der Waals surface area contributed by atoms with Crippen molar-refractivity contribution in [2.24, 2.45) is 0 Å². The fraction of sp³-hybridized carbons (Fsp3) is 0.125. The minimum absolute atomic E-state index is 0.0327. The summed E-state index contributed by atoms with van der Waals surface area (Å²) in [5, 5.41) is 44.2. The van der Waals surface area contributed by atoms with Gasteiger partial charge in [0.25, 0.3) is 0 Å². The zero-order valence-electron chi connectivity index (χ0n) is 24.0. The average molecular weight is 633 g/mol. The molecule has 4 aromatic rings. The van der Waals surface area contributed by atoms with Gasteiger partial charge in [0.15, 0.2) is 0 Å². The summed E-state index contributed by atoms with van der Waals surface area (Å²) in [5.74, 6) is -4.45. The molecule has 0 aliphatic heterocycles. The van der Waals surface area contributed by atoms with Crippen molar-refractivity contribution in [3.63, 3.8) is 0 Å². The third kappa shape index (κ3) is 7.28. The highest BCUT2D eigenvalue weighted by atomic mass is 32.2. The van der Waals surface area contributed by atoms with E-state index in [1.165, 1.54) is 24.3 Å². The van der Waals surface area contributed by atoms with Gasteiger partial charge in [0.1, 0.15) is 11.5 Å². The van der Waals surface area contributed by atoms with E-state index in [-0.39, 0.29) is 50.7 Å². The average Bonchev–Trinajstić information content (AvgIpc) is 2.94. The third-order valence-corrected chi connectivity index (χ3v) is 8.66. The predicted molar refractivity (Wildman–Crippen MR) is 163 cm³/mol. The van der Waals surface area contributed by atoms with Crippen molar-refractivity contribution in [2.45, 2.75) is 36.5 Å².